The third-order valence-corrected chi connectivity index (χ3v) is 5.67. The van der Waals surface area contributed by atoms with Gasteiger partial charge in [-0.25, -0.2) is 0 Å². The first-order valence-corrected chi connectivity index (χ1v) is 10.2. The Kier molecular flexibility index (Phi) is 7.00. The highest BCUT2D eigenvalue weighted by Crippen LogP contribution is 2.34. The molecule has 154 valence electrons. The van der Waals surface area contributed by atoms with Crippen molar-refractivity contribution in [2.45, 2.75) is 37.7 Å². The second-order valence-electron chi connectivity index (χ2n) is 7.34. The van der Waals surface area contributed by atoms with Gasteiger partial charge in [0.2, 0.25) is 5.60 Å². The number of hydrogen-bond acceptors (Lipinski definition) is 4. The molecular formula is C24H23ClN2O3. The van der Waals surface area contributed by atoms with Crippen molar-refractivity contribution in [1.29, 1.82) is 5.26 Å². The Morgan fingerprint density at radius 1 is 1.23 bits per heavy atom. The molecule has 2 aromatic carbocycles. The van der Waals surface area contributed by atoms with E-state index < -0.39 is 11.5 Å². The van der Waals surface area contributed by atoms with Crippen LogP contribution in [0.25, 0.3) is 0 Å². The fourth-order valence-corrected chi connectivity index (χ4v) is 3.87. The minimum atomic E-state index is -1.84. The van der Waals surface area contributed by atoms with Crippen molar-refractivity contribution in [1.82, 2.24) is 0 Å². The quantitative estimate of drug-likeness (QED) is 0.709. The average Bonchev–Trinajstić information content (AvgIpc) is 2.78. The number of rotatable bonds is 4. The van der Waals surface area contributed by atoms with E-state index in [1.807, 2.05) is 6.07 Å². The Morgan fingerprint density at radius 3 is 2.67 bits per heavy atom. The van der Waals surface area contributed by atoms with Gasteiger partial charge in [0, 0.05) is 17.2 Å². The lowest BCUT2D eigenvalue weighted by atomic mass is 9.76. The highest BCUT2D eigenvalue weighted by molar-refractivity contribution is 6.32. The number of amides is 1. The monoisotopic (exact) mass is 422 g/mol. The molecule has 0 radical (unpaired) electrons. The first-order valence-electron chi connectivity index (χ1n) is 9.87. The maximum atomic E-state index is 13.1. The lowest BCUT2D eigenvalue weighted by Gasteiger charge is -2.33. The second-order valence-corrected chi connectivity index (χ2v) is 7.75. The molecule has 0 bridgehead atoms. The van der Waals surface area contributed by atoms with Crippen LogP contribution in [0.2, 0.25) is 5.02 Å². The summed E-state index contributed by atoms with van der Waals surface area (Å²) < 4.78 is 5.21. The molecule has 2 N–H and O–H groups in total. The van der Waals surface area contributed by atoms with E-state index >= 15 is 0 Å². The highest BCUT2D eigenvalue weighted by atomic mass is 35.5. The molecule has 6 heteroatoms. The lowest BCUT2D eigenvalue weighted by Crippen LogP contribution is -2.48. The van der Waals surface area contributed by atoms with Crippen LogP contribution < -0.4 is 10.1 Å². The van der Waals surface area contributed by atoms with Crippen molar-refractivity contribution in [3.8, 4) is 23.7 Å². The number of nitrogens with zero attached hydrogens (tertiary/aromatic N) is 1. The van der Waals surface area contributed by atoms with Crippen molar-refractivity contribution in [3.05, 3.63) is 58.6 Å². The van der Waals surface area contributed by atoms with Gasteiger partial charge < -0.3 is 15.2 Å². The molecule has 0 heterocycles. The summed E-state index contributed by atoms with van der Waals surface area (Å²) in [5.74, 6) is 5.58. The fourth-order valence-electron chi connectivity index (χ4n) is 3.64. The molecule has 1 aliphatic carbocycles. The molecule has 1 unspecified atom stereocenters. The van der Waals surface area contributed by atoms with E-state index in [4.69, 9.17) is 21.6 Å². The van der Waals surface area contributed by atoms with Crippen LogP contribution in [0.15, 0.2) is 42.5 Å². The predicted octanol–water partition coefficient (Wildman–Crippen LogP) is 4.52. The molecule has 1 saturated carbocycles. The zero-order valence-corrected chi connectivity index (χ0v) is 17.5. The number of anilines is 1. The van der Waals surface area contributed by atoms with Crippen molar-refractivity contribution >= 4 is 23.2 Å². The van der Waals surface area contributed by atoms with E-state index in [9.17, 15) is 9.90 Å². The van der Waals surface area contributed by atoms with Gasteiger partial charge in [-0.1, -0.05) is 48.8 Å². The summed E-state index contributed by atoms with van der Waals surface area (Å²) in [5, 5.41) is 23.4. The number of carbonyl (C=O) groups is 1. The second kappa shape index (κ2) is 9.67. The van der Waals surface area contributed by atoms with Crippen molar-refractivity contribution in [2.24, 2.45) is 5.92 Å². The summed E-state index contributed by atoms with van der Waals surface area (Å²) in [7, 11) is 1.57. The Balaban J connectivity index is 1.91. The molecule has 3 rings (SSSR count). The lowest BCUT2D eigenvalue weighted by molar-refractivity contribution is -0.134. The molecule has 1 atom stereocenters. The summed E-state index contributed by atoms with van der Waals surface area (Å²) in [6, 6.07) is 13.8. The zero-order chi connectivity index (χ0) is 21.6. The van der Waals surface area contributed by atoms with Crippen LogP contribution in [-0.2, 0) is 4.79 Å². The Morgan fingerprint density at radius 2 is 2.00 bits per heavy atom. The smallest absolute Gasteiger partial charge is 0.269 e. The summed E-state index contributed by atoms with van der Waals surface area (Å²) in [6.45, 7) is 0. The van der Waals surface area contributed by atoms with Crippen LogP contribution in [0, 0.1) is 29.1 Å². The average molecular weight is 423 g/mol. The van der Waals surface area contributed by atoms with Gasteiger partial charge >= 0.3 is 0 Å². The summed E-state index contributed by atoms with van der Waals surface area (Å²) >= 11 is 6.07. The van der Waals surface area contributed by atoms with Gasteiger partial charge in [-0.05, 0) is 49.2 Å². The molecule has 5 nitrogen and oxygen atoms in total. The molecule has 0 saturated heterocycles. The number of carbonyl (C=O) groups excluding carboxylic acids is 1. The molecule has 2 aromatic rings. The molecule has 30 heavy (non-hydrogen) atoms. The number of nitriles is 1. The normalized spacial score (nSPS) is 15.8. The van der Waals surface area contributed by atoms with Crippen LogP contribution in [-0.4, -0.2) is 23.7 Å². The van der Waals surface area contributed by atoms with Gasteiger partial charge in [0.05, 0.1) is 17.7 Å². The van der Waals surface area contributed by atoms with Crippen LogP contribution in [0.1, 0.15) is 43.2 Å². The number of methoxy groups -OCH3 is 1. The number of nitrogens with one attached hydrogen (secondary N) is 1. The Labute approximate surface area is 181 Å². The molecule has 0 aromatic heterocycles. The molecule has 1 aliphatic rings. The van der Waals surface area contributed by atoms with Gasteiger partial charge in [0.15, 0.2) is 0 Å². The fraction of sp³-hybridized carbons (Fsp3) is 0.333. The van der Waals surface area contributed by atoms with Crippen LogP contribution >= 0.6 is 11.6 Å². The van der Waals surface area contributed by atoms with Crippen LogP contribution in [0.3, 0.4) is 0 Å². The van der Waals surface area contributed by atoms with E-state index in [1.165, 1.54) is 12.1 Å². The molecule has 0 aliphatic heterocycles. The number of ether oxygens (including phenoxy) is 1. The van der Waals surface area contributed by atoms with E-state index in [0.29, 0.717) is 22.6 Å². The summed E-state index contributed by atoms with van der Waals surface area (Å²) in [5.41, 5.74) is -0.474. The van der Waals surface area contributed by atoms with Crippen molar-refractivity contribution < 1.29 is 14.6 Å². The number of hydrogen-bond donors (Lipinski definition) is 2. The molecule has 1 fully saturated rings. The van der Waals surface area contributed by atoms with E-state index in [2.05, 4.69) is 17.2 Å². The third-order valence-electron chi connectivity index (χ3n) is 5.36. The predicted molar refractivity (Wildman–Crippen MR) is 116 cm³/mol. The highest BCUT2D eigenvalue weighted by Gasteiger charge is 2.43. The first kappa shape index (κ1) is 21.7. The topological polar surface area (TPSA) is 82.3 Å². The summed E-state index contributed by atoms with van der Waals surface area (Å²) in [4.78, 5) is 13.1. The summed E-state index contributed by atoms with van der Waals surface area (Å²) in [6.07, 6.45) is 4.44. The number of halogens is 1. The third kappa shape index (κ3) is 4.94. The van der Waals surface area contributed by atoms with Gasteiger partial charge in [0.1, 0.15) is 11.8 Å². The van der Waals surface area contributed by atoms with Gasteiger partial charge in [-0.3, -0.25) is 4.79 Å². The van der Waals surface area contributed by atoms with E-state index in [1.54, 1.807) is 37.4 Å². The Bertz CT molecular complexity index is 1030. The number of benzene rings is 2. The van der Waals surface area contributed by atoms with Gasteiger partial charge in [-0.2, -0.15) is 5.26 Å². The van der Waals surface area contributed by atoms with Crippen LogP contribution in [0.4, 0.5) is 5.69 Å². The maximum Gasteiger partial charge on any atom is 0.269 e. The van der Waals surface area contributed by atoms with Crippen molar-refractivity contribution in [3.63, 3.8) is 0 Å². The van der Waals surface area contributed by atoms with E-state index in [0.717, 1.165) is 32.1 Å². The zero-order valence-electron chi connectivity index (χ0n) is 16.7. The van der Waals surface area contributed by atoms with Crippen molar-refractivity contribution in [2.75, 3.05) is 12.4 Å². The minimum absolute atomic E-state index is 0.235. The largest absolute Gasteiger partial charge is 0.497 e. The standard InChI is InChI=1S/C24H23ClN2O3/c1-30-21-9-5-6-17(14-21)12-13-24(29,19-7-3-2-4-8-19)23(28)27-20-11-10-18(16-26)22(25)15-20/h5-6,9-11,14-15,19,29H,2-4,7-8H2,1H3,(H,27,28). The van der Waals surface area contributed by atoms with Crippen LogP contribution in [0.5, 0.6) is 5.75 Å². The Hall–Kier alpha value is -2.99. The minimum Gasteiger partial charge on any atom is -0.497 e. The first-order chi connectivity index (χ1) is 14.5. The number of aliphatic hydroxyl groups is 1. The maximum absolute atomic E-state index is 13.1. The SMILES string of the molecule is COc1cccc(C#CC(O)(C(=O)Nc2ccc(C#N)c(Cl)c2)C2CCCCC2)c1. The van der Waals surface area contributed by atoms with Gasteiger partial charge in [0.25, 0.3) is 5.91 Å². The molecular weight excluding hydrogens is 400 g/mol. The van der Waals surface area contributed by atoms with E-state index in [-0.39, 0.29) is 10.9 Å². The molecule has 1 amide bonds. The molecule has 0 spiro atoms. The van der Waals surface area contributed by atoms with Gasteiger partial charge in [-0.15, -0.1) is 0 Å².